The molecule has 0 amide bonds. The molecule has 2 N–H and O–H groups in total. The molecule has 0 aliphatic carbocycles. The van der Waals surface area contributed by atoms with Crippen molar-refractivity contribution in [3.63, 3.8) is 0 Å². The Morgan fingerprint density at radius 3 is 2.44 bits per heavy atom. The summed E-state index contributed by atoms with van der Waals surface area (Å²) in [5.41, 5.74) is 4.92. The summed E-state index contributed by atoms with van der Waals surface area (Å²) in [6.07, 6.45) is -4.89. The predicted molar refractivity (Wildman–Crippen MR) is 55.4 cm³/mol. The number of benzene rings is 1. The van der Waals surface area contributed by atoms with E-state index in [1.165, 1.54) is 6.07 Å². The van der Waals surface area contributed by atoms with E-state index < -0.39 is 17.4 Å². The van der Waals surface area contributed by atoms with Crippen LogP contribution in [0.25, 0.3) is 0 Å². The topological polar surface area (TPSA) is 52.3 Å². The molecule has 8 heteroatoms. The van der Waals surface area contributed by atoms with Gasteiger partial charge in [0.25, 0.3) is 5.24 Å². The van der Waals surface area contributed by atoms with E-state index in [-0.39, 0.29) is 15.7 Å². The van der Waals surface area contributed by atoms with E-state index in [4.69, 9.17) is 17.3 Å². The highest BCUT2D eigenvalue weighted by Crippen LogP contribution is 2.35. The molecular formula is C8H4BrClF3NO2. The van der Waals surface area contributed by atoms with Crippen molar-refractivity contribution in [2.75, 3.05) is 5.73 Å². The fourth-order valence-corrected chi connectivity index (χ4v) is 1.47. The third kappa shape index (κ3) is 3.28. The Morgan fingerprint density at radius 2 is 2.00 bits per heavy atom. The quantitative estimate of drug-likeness (QED) is 0.672. The first-order valence-corrected chi connectivity index (χ1v) is 4.92. The van der Waals surface area contributed by atoms with E-state index in [1.807, 2.05) is 0 Å². The van der Waals surface area contributed by atoms with Crippen molar-refractivity contribution in [3.8, 4) is 5.75 Å². The molecule has 0 unspecified atom stereocenters. The lowest BCUT2D eigenvalue weighted by atomic mass is 10.2. The van der Waals surface area contributed by atoms with Crippen molar-refractivity contribution in [2.45, 2.75) is 6.36 Å². The summed E-state index contributed by atoms with van der Waals surface area (Å²) < 4.78 is 39.7. The standard InChI is InChI=1S/C8H4BrClF3NO2/c9-4-1-3(7(10)15)2-5(6(4)14)16-8(11,12)13/h1-2H,14H2. The fourth-order valence-electron chi connectivity index (χ4n) is 0.915. The summed E-state index contributed by atoms with van der Waals surface area (Å²) in [4.78, 5) is 10.8. The minimum absolute atomic E-state index is 0.0956. The molecule has 0 aliphatic heterocycles. The zero-order chi connectivity index (χ0) is 12.5. The smallest absolute Gasteiger partial charge is 0.404 e. The molecule has 0 atom stereocenters. The second-order valence-electron chi connectivity index (χ2n) is 2.69. The van der Waals surface area contributed by atoms with Gasteiger partial charge in [-0.15, -0.1) is 13.2 Å². The first kappa shape index (κ1) is 13.1. The molecule has 0 fully saturated rings. The molecule has 1 aromatic rings. The lowest BCUT2D eigenvalue weighted by molar-refractivity contribution is -0.274. The van der Waals surface area contributed by atoms with Gasteiger partial charge in [0.2, 0.25) is 0 Å². The van der Waals surface area contributed by atoms with Crippen molar-refractivity contribution in [3.05, 3.63) is 22.2 Å². The van der Waals surface area contributed by atoms with E-state index in [9.17, 15) is 18.0 Å². The summed E-state index contributed by atoms with van der Waals surface area (Å²) in [5.74, 6) is -0.675. The molecule has 0 aliphatic rings. The maximum absolute atomic E-state index is 12.0. The molecule has 0 aromatic heterocycles. The van der Waals surface area contributed by atoms with E-state index in [0.717, 1.165) is 6.07 Å². The second kappa shape index (κ2) is 4.50. The molecular weight excluding hydrogens is 314 g/mol. The van der Waals surface area contributed by atoms with Crippen molar-refractivity contribution >= 4 is 38.5 Å². The van der Waals surface area contributed by atoms with Crippen molar-refractivity contribution in [2.24, 2.45) is 0 Å². The van der Waals surface area contributed by atoms with Gasteiger partial charge in [0.15, 0.2) is 5.75 Å². The number of carbonyl (C=O) groups is 1. The Hall–Kier alpha value is -0.950. The number of nitrogens with two attached hydrogens (primary N) is 1. The molecule has 0 saturated heterocycles. The number of rotatable bonds is 2. The van der Waals surface area contributed by atoms with E-state index in [1.54, 1.807) is 0 Å². The predicted octanol–water partition coefficient (Wildman–Crippen LogP) is 3.31. The van der Waals surface area contributed by atoms with Gasteiger partial charge >= 0.3 is 6.36 Å². The van der Waals surface area contributed by atoms with Gasteiger partial charge in [0.05, 0.1) is 5.69 Å². The zero-order valence-electron chi connectivity index (χ0n) is 7.44. The zero-order valence-corrected chi connectivity index (χ0v) is 9.78. The molecule has 0 spiro atoms. The summed E-state index contributed by atoms with van der Waals surface area (Å²) in [5, 5.41) is -0.910. The first-order valence-electron chi connectivity index (χ1n) is 3.75. The van der Waals surface area contributed by atoms with Crippen LogP contribution in [0.15, 0.2) is 16.6 Å². The number of anilines is 1. The van der Waals surface area contributed by atoms with Crippen LogP contribution in [0.1, 0.15) is 10.4 Å². The van der Waals surface area contributed by atoms with Crippen LogP contribution in [-0.2, 0) is 0 Å². The van der Waals surface area contributed by atoms with Crippen LogP contribution in [0.4, 0.5) is 18.9 Å². The first-order chi connectivity index (χ1) is 7.20. The largest absolute Gasteiger partial charge is 0.573 e. The normalized spacial score (nSPS) is 11.3. The summed E-state index contributed by atoms with van der Waals surface area (Å²) in [6.45, 7) is 0. The van der Waals surface area contributed by atoms with E-state index >= 15 is 0 Å². The third-order valence-corrected chi connectivity index (χ3v) is 2.42. The van der Waals surface area contributed by atoms with Crippen LogP contribution in [0.2, 0.25) is 0 Å². The fraction of sp³-hybridized carbons (Fsp3) is 0.125. The molecule has 3 nitrogen and oxygen atoms in total. The van der Waals surface area contributed by atoms with Crippen molar-refractivity contribution in [1.29, 1.82) is 0 Å². The second-order valence-corrected chi connectivity index (χ2v) is 3.89. The number of alkyl halides is 3. The van der Waals surface area contributed by atoms with Gasteiger partial charge in [-0.1, -0.05) is 0 Å². The molecule has 16 heavy (non-hydrogen) atoms. The molecule has 1 rings (SSSR count). The van der Waals surface area contributed by atoms with Crippen LogP contribution >= 0.6 is 27.5 Å². The van der Waals surface area contributed by atoms with Crippen LogP contribution in [-0.4, -0.2) is 11.6 Å². The molecule has 88 valence electrons. The Morgan fingerprint density at radius 1 is 1.44 bits per heavy atom. The molecule has 0 saturated carbocycles. The number of carbonyl (C=O) groups excluding carboxylic acids is 1. The maximum Gasteiger partial charge on any atom is 0.573 e. The van der Waals surface area contributed by atoms with Gasteiger partial charge in [0, 0.05) is 10.0 Å². The highest BCUT2D eigenvalue weighted by Gasteiger charge is 2.32. The number of nitrogen functional groups attached to an aromatic ring is 1. The van der Waals surface area contributed by atoms with Crippen molar-refractivity contribution in [1.82, 2.24) is 0 Å². The Balaban J connectivity index is 3.22. The van der Waals surface area contributed by atoms with Gasteiger partial charge in [-0.05, 0) is 39.7 Å². The summed E-state index contributed by atoms with van der Waals surface area (Å²) in [7, 11) is 0. The SMILES string of the molecule is Nc1c(Br)cc(C(=O)Cl)cc1OC(F)(F)F. The minimum Gasteiger partial charge on any atom is -0.404 e. The molecule has 0 bridgehead atoms. The minimum atomic E-state index is -4.89. The van der Waals surface area contributed by atoms with E-state index in [0.29, 0.717) is 0 Å². The Bertz CT molecular complexity index is 436. The number of hydrogen-bond acceptors (Lipinski definition) is 3. The average Bonchev–Trinajstić information content (AvgIpc) is 2.10. The highest BCUT2D eigenvalue weighted by molar-refractivity contribution is 9.10. The van der Waals surface area contributed by atoms with Gasteiger partial charge < -0.3 is 10.5 Å². The Labute approximate surface area is 101 Å². The van der Waals surface area contributed by atoms with Crippen molar-refractivity contribution < 1.29 is 22.7 Å². The summed E-state index contributed by atoms with van der Waals surface area (Å²) >= 11 is 8.02. The number of hydrogen-bond donors (Lipinski definition) is 1. The highest BCUT2D eigenvalue weighted by atomic mass is 79.9. The van der Waals surface area contributed by atoms with Crippen LogP contribution in [0, 0.1) is 0 Å². The average molecular weight is 318 g/mol. The van der Waals surface area contributed by atoms with Gasteiger partial charge in [-0.25, -0.2) is 0 Å². The van der Waals surface area contributed by atoms with Crippen LogP contribution < -0.4 is 10.5 Å². The summed E-state index contributed by atoms with van der Waals surface area (Å²) in [6, 6.07) is 2.02. The number of ether oxygens (including phenoxy) is 1. The van der Waals surface area contributed by atoms with Crippen LogP contribution in [0.3, 0.4) is 0 Å². The third-order valence-electron chi connectivity index (χ3n) is 1.54. The molecule has 0 heterocycles. The lowest BCUT2D eigenvalue weighted by Gasteiger charge is -2.12. The van der Waals surface area contributed by atoms with E-state index in [2.05, 4.69) is 20.7 Å². The van der Waals surface area contributed by atoms with Crippen LogP contribution in [0.5, 0.6) is 5.75 Å². The van der Waals surface area contributed by atoms with Gasteiger partial charge in [0.1, 0.15) is 0 Å². The number of halogens is 5. The molecule has 0 radical (unpaired) electrons. The lowest BCUT2D eigenvalue weighted by Crippen LogP contribution is -2.18. The maximum atomic E-state index is 12.0. The monoisotopic (exact) mass is 317 g/mol. The molecule has 1 aromatic carbocycles. The Kier molecular flexibility index (Phi) is 3.69. The van der Waals surface area contributed by atoms with Gasteiger partial charge in [-0.2, -0.15) is 0 Å². The van der Waals surface area contributed by atoms with Gasteiger partial charge in [-0.3, -0.25) is 4.79 Å².